The highest BCUT2D eigenvalue weighted by Gasteiger charge is 2.16. The van der Waals surface area contributed by atoms with E-state index in [0.29, 0.717) is 34.9 Å². The normalized spacial score (nSPS) is 11.8. The predicted octanol–water partition coefficient (Wildman–Crippen LogP) is 3.08. The van der Waals surface area contributed by atoms with Gasteiger partial charge in [-0.25, -0.2) is 9.59 Å². The van der Waals surface area contributed by atoms with Crippen LogP contribution in [0.2, 0.25) is 0 Å². The van der Waals surface area contributed by atoms with Crippen molar-refractivity contribution in [2.75, 3.05) is 12.3 Å². The molecule has 2 aromatic carbocycles. The largest absolute Gasteiger partial charge is 0.479 e. The van der Waals surface area contributed by atoms with Crippen LogP contribution in [-0.4, -0.2) is 33.2 Å². The summed E-state index contributed by atoms with van der Waals surface area (Å²) in [7, 11) is 0. The van der Waals surface area contributed by atoms with Gasteiger partial charge in [0.1, 0.15) is 22.8 Å². The van der Waals surface area contributed by atoms with Crippen molar-refractivity contribution in [2.45, 2.75) is 20.0 Å². The molecule has 2 aromatic heterocycles. The summed E-state index contributed by atoms with van der Waals surface area (Å²) in [5, 5.41) is 0. The Morgan fingerprint density at radius 2 is 1.88 bits per heavy atom. The van der Waals surface area contributed by atoms with Gasteiger partial charge >= 0.3 is 17.7 Å². The summed E-state index contributed by atoms with van der Waals surface area (Å²) in [4.78, 5) is 31.7. The Morgan fingerprint density at radius 3 is 2.59 bits per heavy atom. The van der Waals surface area contributed by atoms with Crippen LogP contribution in [0, 0.1) is 0 Å². The molecule has 164 valence electrons. The van der Waals surface area contributed by atoms with E-state index in [0.717, 1.165) is 0 Å². The second-order valence-electron chi connectivity index (χ2n) is 6.72. The Labute approximate surface area is 182 Å². The summed E-state index contributed by atoms with van der Waals surface area (Å²) in [6, 6.07) is 13.2. The summed E-state index contributed by atoms with van der Waals surface area (Å²) in [6.07, 6.45) is 0.844. The van der Waals surface area contributed by atoms with E-state index in [1.807, 2.05) is 0 Å². The SMILES string of the molecule is CCOC(=O)C(C)Oc1ccc(Oc2nc3ccc(-n4ccc(N)nc4=O)cc3o2)cc1. The molecule has 1 unspecified atom stereocenters. The molecule has 0 saturated carbocycles. The quantitative estimate of drug-likeness (QED) is 0.434. The number of fused-ring (bicyclic) bond motifs is 1. The number of esters is 1. The molecule has 0 saturated heterocycles. The maximum atomic E-state index is 12.1. The Hall–Kier alpha value is -4.34. The predicted molar refractivity (Wildman–Crippen MR) is 115 cm³/mol. The number of benzene rings is 2. The fraction of sp³-hybridized carbons (Fsp3) is 0.182. The van der Waals surface area contributed by atoms with E-state index < -0.39 is 17.8 Å². The number of hydrogen-bond acceptors (Lipinski definition) is 9. The van der Waals surface area contributed by atoms with Gasteiger partial charge in [0.15, 0.2) is 11.7 Å². The number of carbonyl (C=O) groups excluding carboxylic acids is 1. The van der Waals surface area contributed by atoms with Crippen LogP contribution in [0.15, 0.2) is 63.9 Å². The van der Waals surface area contributed by atoms with Gasteiger partial charge in [-0.15, -0.1) is 0 Å². The number of nitrogen functional groups attached to an aromatic ring is 1. The first kappa shape index (κ1) is 20.9. The van der Waals surface area contributed by atoms with Gasteiger partial charge in [-0.05, 0) is 56.3 Å². The van der Waals surface area contributed by atoms with E-state index >= 15 is 0 Å². The maximum absolute atomic E-state index is 12.1. The highest BCUT2D eigenvalue weighted by atomic mass is 16.6. The lowest BCUT2D eigenvalue weighted by Gasteiger charge is -2.13. The Morgan fingerprint density at radius 1 is 1.12 bits per heavy atom. The molecule has 0 spiro atoms. The number of nitrogens with zero attached hydrogens (tertiary/aromatic N) is 3. The van der Waals surface area contributed by atoms with Gasteiger partial charge in [0.05, 0.1) is 12.3 Å². The number of hydrogen-bond donors (Lipinski definition) is 1. The average Bonchev–Trinajstić information content (AvgIpc) is 3.16. The summed E-state index contributed by atoms with van der Waals surface area (Å²) >= 11 is 0. The highest BCUT2D eigenvalue weighted by molar-refractivity contribution is 5.76. The van der Waals surface area contributed by atoms with Gasteiger partial charge in [-0.1, -0.05) is 0 Å². The van der Waals surface area contributed by atoms with Crippen LogP contribution in [0.25, 0.3) is 16.8 Å². The third-order valence-electron chi connectivity index (χ3n) is 4.42. The lowest BCUT2D eigenvalue weighted by molar-refractivity contribution is -0.150. The smallest absolute Gasteiger partial charge is 0.400 e. The van der Waals surface area contributed by atoms with E-state index in [1.165, 1.54) is 16.8 Å². The molecule has 10 nitrogen and oxygen atoms in total. The first-order valence-electron chi connectivity index (χ1n) is 9.80. The van der Waals surface area contributed by atoms with Crippen molar-refractivity contribution in [3.63, 3.8) is 0 Å². The van der Waals surface area contributed by atoms with Crippen LogP contribution in [0.4, 0.5) is 5.82 Å². The molecular formula is C22H20N4O6. The van der Waals surface area contributed by atoms with Gasteiger partial charge in [0.2, 0.25) is 0 Å². The molecule has 2 heterocycles. The molecule has 4 aromatic rings. The average molecular weight is 436 g/mol. The summed E-state index contributed by atoms with van der Waals surface area (Å²) < 4.78 is 23.1. The summed E-state index contributed by atoms with van der Waals surface area (Å²) in [5.74, 6) is 0.666. The number of oxazole rings is 1. The minimum atomic E-state index is -0.725. The van der Waals surface area contributed by atoms with Crippen molar-refractivity contribution < 1.29 is 23.4 Å². The topological polar surface area (TPSA) is 132 Å². The van der Waals surface area contributed by atoms with Crippen molar-refractivity contribution in [3.8, 4) is 23.3 Å². The second kappa shape index (κ2) is 8.80. The van der Waals surface area contributed by atoms with Gasteiger partial charge in [-0.2, -0.15) is 9.97 Å². The molecule has 1 atom stereocenters. The molecule has 0 aliphatic carbocycles. The standard InChI is InChI=1S/C22H20N4O6/c1-3-29-20(27)13(2)30-15-5-7-16(8-6-15)31-22-24-17-9-4-14(12-18(17)32-22)26-11-10-19(23)25-21(26)28/h4-13H,3H2,1-2H3,(H2,23,25,28). The van der Waals surface area contributed by atoms with Crippen molar-refractivity contribution in [3.05, 3.63) is 65.2 Å². The van der Waals surface area contributed by atoms with Gasteiger partial charge in [0, 0.05) is 12.3 Å². The number of anilines is 1. The fourth-order valence-corrected chi connectivity index (χ4v) is 2.90. The van der Waals surface area contributed by atoms with Gasteiger partial charge in [-0.3, -0.25) is 4.57 Å². The van der Waals surface area contributed by atoms with Crippen molar-refractivity contribution >= 4 is 22.9 Å². The van der Waals surface area contributed by atoms with E-state index in [9.17, 15) is 9.59 Å². The van der Waals surface area contributed by atoms with Gasteiger partial charge in [0.25, 0.3) is 0 Å². The molecule has 0 amide bonds. The number of carbonyl (C=O) groups is 1. The van der Waals surface area contributed by atoms with Crippen molar-refractivity contribution in [1.29, 1.82) is 0 Å². The molecule has 0 radical (unpaired) electrons. The Kier molecular flexibility index (Phi) is 5.75. The highest BCUT2D eigenvalue weighted by Crippen LogP contribution is 2.28. The zero-order valence-electron chi connectivity index (χ0n) is 17.3. The van der Waals surface area contributed by atoms with E-state index in [4.69, 9.17) is 24.4 Å². The lowest BCUT2D eigenvalue weighted by Crippen LogP contribution is -2.25. The zero-order chi connectivity index (χ0) is 22.7. The monoisotopic (exact) mass is 436 g/mol. The van der Waals surface area contributed by atoms with Crippen molar-refractivity contribution in [1.82, 2.24) is 14.5 Å². The van der Waals surface area contributed by atoms with Crippen LogP contribution in [0.5, 0.6) is 17.6 Å². The molecule has 10 heteroatoms. The minimum absolute atomic E-state index is 0.0356. The summed E-state index contributed by atoms with van der Waals surface area (Å²) in [5.41, 5.74) is 6.58. The minimum Gasteiger partial charge on any atom is -0.479 e. The fourth-order valence-electron chi connectivity index (χ4n) is 2.90. The van der Waals surface area contributed by atoms with E-state index in [1.54, 1.807) is 56.3 Å². The molecule has 0 fully saturated rings. The van der Waals surface area contributed by atoms with E-state index in [2.05, 4.69) is 9.97 Å². The third kappa shape index (κ3) is 4.53. The maximum Gasteiger partial charge on any atom is 0.400 e. The van der Waals surface area contributed by atoms with Crippen molar-refractivity contribution in [2.24, 2.45) is 0 Å². The van der Waals surface area contributed by atoms with Crippen LogP contribution < -0.4 is 20.9 Å². The third-order valence-corrected chi connectivity index (χ3v) is 4.42. The van der Waals surface area contributed by atoms with Crippen LogP contribution >= 0.6 is 0 Å². The second-order valence-corrected chi connectivity index (χ2v) is 6.72. The molecule has 0 bridgehead atoms. The Bertz CT molecular complexity index is 1310. The molecule has 0 aliphatic heterocycles. The van der Waals surface area contributed by atoms with Gasteiger partial charge < -0.3 is 24.4 Å². The summed E-state index contributed by atoms with van der Waals surface area (Å²) in [6.45, 7) is 3.64. The van der Waals surface area contributed by atoms with Crippen LogP contribution in [0.1, 0.15) is 13.8 Å². The molecule has 4 rings (SSSR count). The lowest BCUT2D eigenvalue weighted by atomic mass is 10.3. The number of aromatic nitrogens is 3. The number of nitrogens with two attached hydrogens (primary N) is 1. The van der Waals surface area contributed by atoms with E-state index in [-0.39, 0.29) is 11.9 Å². The molecule has 32 heavy (non-hydrogen) atoms. The zero-order valence-corrected chi connectivity index (χ0v) is 17.3. The molecule has 2 N–H and O–H groups in total. The first-order chi connectivity index (χ1) is 15.4. The number of rotatable bonds is 7. The first-order valence-corrected chi connectivity index (χ1v) is 9.80. The molecular weight excluding hydrogens is 416 g/mol. The Balaban J connectivity index is 1.48. The van der Waals surface area contributed by atoms with Crippen LogP contribution in [-0.2, 0) is 9.53 Å². The number of ether oxygens (including phenoxy) is 3. The molecule has 0 aliphatic rings. The van der Waals surface area contributed by atoms with Crippen LogP contribution in [0.3, 0.4) is 0 Å².